The molecule has 3 heterocycles. The summed E-state index contributed by atoms with van der Waals surface area (Å²) in [6.07, 6.45) is 3.67. The first-order valence-corrected chi connectivity index (χ1v) is 8.28. The molecule has 0 spiro atoms. The maximum absolute atomic E-state index is 12.0. The Labute approximate surface area is 138 Å². The third-order valence-electron chi connectivity index (χ3n) is 5.20. The van der Waals surface area contributed by atoms with Crippen LogP contribution in [0.1, 0.15) is 24.4 Å². The summed E-state index contributed by atoms with van der Waals surface area (Å²) in [7, 11) is 1.54. The topological polar surface area (TPSA) is 112 Å². The Balaban J connectivity index is 1.79. The van der Waals surface area contributed by atoms with E-state index in [2.05, 4.69) is 20.6 Å². The Morgan fingerprint density at radius 2 is 2.21 bits per heavy atom. The second kappa shape index (κ2) is 5.71. The second-order valence-electron chi connectivity index (χ2n) is 6.52. The summed E-state index contributed by atoms with van der Waals surface area (Å²) >= 11 is 0. The first kappa shape index (κ1) is 15.3. The van der Waals surface area contributed by atoms with Gasteiger partial charge in [0.2, 0.25) is 5.91 Å². The highest BCUT2D eigenvalue weighted by atomic mass is 16.3. The average molecular weight is 331 g/mol. The van der Waals surface area contributed by atoms with E-state index in [0.717, 1.165) is 41.8 Å². The molecule has 24 heavy (non-hydrogen) atoms. The number of amides is 1. The molecule has 2 aromatic rings. The van der Waals surface area contributed by atoms with Crippen LogP contribution < -0.4 is 10.6 Å². The zero-order chi connectivity index (χ0) is 16.8. The summed E-state index contributed by atoms with van der Waals surface area (Å²) in [5.74, 6) is -0.0655. The molecule has 0 saturated heterocycles. The van der Waals surface area contributed by atoms with Gasteiger partial charge in [-0.1, -0.05) is 0 Å². The predicted octanol–water partition coefficient (Wildman–Crippen LogP) is -0.182. The minimum atomic E-state index is -1.08. The highest BCUT2D eigenvalue weighted by molar-refractivity contribution is 5.91. The summed E-state index contributed by atoms with van der Waals surface area (Å²) in [5, 5.41) is 27.6. The molecule has 0 aromatic carbocycles. The summed E-state index contributed by atoms with van der Waals surface area (Å²) in [6.45, 7) is 0.865. The molecule has 4 atom stereocenters. The highest BCUT2D eigenvalue weighted by Gasteiger charge is 2.46. The van der Waals surface area contributed by atoms with Gasteiger partial charge < -0.3 is 25.4 Å². The molecule has 8 heteroatoms. The number of carbonyl (C=O) groups is 1. The van der Waals surface area contributed by atoms with Gasteiger partial charge in [0.1, 0.15) is 23.9 Å². The molecular weight excluding hydrogens is 310 g/mol. The van der Waals surface area contributed by atoms with Crippen LogP contribution in [0.4, 0.5) is 5.82 Å². The van der Waals surface area contributed by atoms with Crippen molar-refractivity contribution in [1.82, 2.24) is 19.9 Å². The molecule has 1 aliphatic carbocycles. The lowest BCUT2D eigenvalue weighted by Crippen LogP contribution is -2.36. The molecule has 2 aromatic heterocycles. The molecule has 128 valence electrons. The highest BCUT2D eigenvalue weighted by Crippen LogP contribution is 2.39. The Morgan fingerprint density at radius 3 is 3.00 bits per heavy atom. The minimum absolute atomic E-state index is 0.251. The van der Waals surface area contributed by atoms with E-state index in [1.54, 1.807) is 0 Å². The fourth-order valence-electron chi connectivity index (χ4n) is 3.95. The van der Waals surface area contributed by atoms with Crippen molar-refractivity contribution in [2.75, 3.05) is 18.9 Å². The monoisotopic (exact) mass is 331 g/mol. The fraction of sp³-hybridized carbons (Fsp3) is 0.562. The number of carbonyl (C=O) groups excluding carboxylic acids is 1. The molecule has 1 amide bonds. The average Bonchev–Trinajstić information content (AvgIpc) is 3.01. The fourth-order valence-corrected chi connectivity index (χ4v) is 3.95. The number of rotatable bonds is 2. The van der Waals surface area contributed by atoms with Crippen LogP contribution in [-0.2, 0) is 11.2 Å². The molecule has 1 saturated carbocycles. The first-order chi connectivity index (χ1) is 11.6. The van der Waals surface area contributed by atoms with Crippen molar-refractivity contribution in [2.45, 2.75) is 37.5 Å². The van der Waals surface area contributed by atoms with E-state index in [0.29, 0.717) is 6.42 Å². The minimum Gasteiger partial charge on any atom is -0.390 e. The van der Waals surface area contributed by atoms with Crippen molar-refractivity contribution in [1.29, 1.82) is 0 Å². The lowest BCUT2D eigenvalue weighted by molar-refractivity contribution is -0.128. The number of aliphatic hydroxyl groups excluding tert-OH is 2. The molecule has 0 unspecified atom stereocenters. The normalized spacial score (nSPS) is 29.3. The van der Waals surface area contributed by atoms with Crippen molar-refractivity contribution < 1.29 is 15.0 Å². The van der Waals surface area contributed by atoms with Gasteiger partial charge in [-0.3, -0.25) is 4.79 Å². The van der Waals surface area contributed by atoms with Crippen LogP contribution in [0.2, 0.25) is 0 Å². The quantitative estimate of drug-likeness (QED) is 0.607. The smallest absolute Gasteiger partial charge is 0.225 e. The van der Waals surface area contributed by atoms with E-state index in [9.17, 15) is 15.0 Å². The van der Waals surface area contributed by atoms with Crippen molar-refractivity contribution in [3.63, 3.8) is 0 Å². The number of anilines is 1. The lowest BCUT2D eigenvalue weighted by atomic mass is 10.1. The number of aromatic nitrogens is 3. The third-order valence-corrected chi connectivity index (χ3v) is 5.20. The second-order valence-corrected chi connectivity index (χ2v) is 6.52. The summed E-state index contributed by atoms with van der Waals surface area (Å²) < 4.78 is 1.90. The maximum Gasteiger partial charge on any atom is 0.225 e. The standard InChI is InChI=1S/C16H21N5O3/c1-17-16(24)9-5-10(13(23)12(9)22)21-6-8-3-2-4-18-14-11(8)15(21)20-7-19-14/h6-7,9-10,12-13,22-23H,2-5H2,1H3,(H,17,24)(H,18,19,20)/t9-,10+,12+,13-/m0/s1. The predicted molar refractivity (Wildman–Crippen MR) is 87.6 cm³/mol. The Kier molecular flexibility index (Phi) is 3.65. The summed E-state index contributed by atoms with van der Waals surface area (Å²) in [5.41, 5.74) is 1.87. The molecule has 1 aliphatic heterocycles. The van der Waals surface area contributed by atoms with Gasteiger partial charge in [-0.2, -0.15) is 0 Å². The van der Waals surface area contributed by atoms with Crippen molar-refractivity contribution in [3.05, 3.63) is 18.1 Å². The molecule has 4 rings (SSSR count). The van der Waals surface area contributed by atoms with E-state index >= 15 is 0 Å². The summed E-state index contributed by atoms with van der Waals surface area (Å²) in [4.78, 5) is 20.7. The van der Waals surface area contributed by atoms with E-state index in [1.807, 2.05) is 10.8 Å². The van der Waals surface area contributed by atoms with Gasteiger partial charge in [0.25, 0.3) is 0 Å². The van der Waals surface area contributed by atoms with Gasteiger partial charge in [0.05, 0.1) is 23.4 Å². The molecule has 2 aliphatic rings. The van der Waals surface area contributed by atoms with Crippen molar-refractivity contribution >= 4 is 22.8 Å². The van der Waals surface area contributed by atoms with Crippen LogP contribution in [0.25, 0.3) is 11.0 Å². The Morgan fingerprint density at radius 1 is 1.38 bits per heavy atom. The van der Waals surface area contributed by atoms with Crippen LogP contribution in [0, 0.1) is 5.92 Å². The van der Waals surface area contributed by atoms with Gasteiger partial charge in [0, 0.05) is 19.8 Å². The molecule has 1 fully saturated rings. The van der Waals surface area contributed by atoms with Crippen LogP contribution >= 0.6 is 0 Å². The zero-order valence-corrected chi connectivity index (χ0v) is 13.4. The molecule has 4 N–H and O–H groups in total. The Hall–Kier alpha value is -2.19. The van der Waals surface area contributed by atoms with Gasteiger partial charge in [0.15, 0.2) is 0 Å². The van der Waals surface area contributed by atoms with Crippen LogP contribution in [0.15, 0.2) is 12.5 Å². The summed E-state index contributed by atoms with van der Waals surface area (Å²) in [6, 6.07) is -0.388. The van der Waals surface area contributed by atoms with E-state index < -0.39 is 18.1 Å². The largest absolute Gasteiger partial charge is 0.390 e. The lowest BCUT2D eigenvalue weighted by Gasteiger charge is -2.19. The molecule has 0 bridgehead atoms. The van der Waals surface area contributed by atoms with Crippen LogP contribution in [0.3, 0.4) is 0 Å². The number of nitrogens with one attached hydrogen (secondary N) is 2. The van der Waals surface area contributed by atoms with Gasteiger partial charge in [-0.05, 0) is 24.8 Å². The van der Waals surface area contributed by atoms with Gasteiger partial charge in [-0.15, -0.1) is 0 Å². The van der Waals surface area contributed by atoms with Gasteiger partial charge >= 0.3 is 0 Å². The number of aryl methyl sites for hydroxylation is 1. The Bertz CT molecular complexity index is 789. The van der Waals surface area contributed by atoms with Crippen LogP contribution in [-0.4, -0.2) is 56.5 Å². The zero-order valence-electron chi connectivity index (χ0n) is 13.4. The molecule has 8 nitrogen and oxygen atoms in total. The van der Waals surface area contributed by atoms with Gasteiger partial charge in [-0.25, -0.2) is 9.97 Å². The molecule has 0 radical (unpaired) electrons. The number of nitrogens with zero attached hydrogens (tertiary/aromatic N) is 3. The van der Waals surface area contributed by atoms with E-state index in [-0.39, 0.29) is 11.9 Å². The number of hydrogen-bond donors (Lipinski definition) is 4. The molecular formula is C16H21N5O3. The van der Waals surface area contributed by atoms with Crippen molar-refractivity contribution in [2.24, 2.45) is 5.92 Å². The van der Waals surface area contributed by atoms with Crippen molar-refractivity contribution in [3.8, 4) is 0 Å². The third kappa shape index (κ3) is 2.17. The number of aliphatic hydroxyl groups is 2. The first-order valence-electron chi connectivity index (χ1n) is 8.28. The van der Waals surface area contributed by atoms with E-state index in [4.69, 9.17) is 0 Å². The maximum atomic E-state index is 12.0. The SMILES string of the molecule is CNC(=O)[C@H]1C[C@@H](n2cc3c4c(ncnc42)NCCC3)[C@H](O)[C@@H]1O. The van der Waals surface area contributed by atoms with Crippen LogP contribution in [0.5, 0.6) is 0 Å². The number of hydrogen-bond acceptors (Lipinski definition) is 6. The van der Waals surface area contributed by atoms with E-state index in [1.165, 1.54) is 13.4 Å².